The van der Waals surface area contributed by atoms with E-state index in [4.69, 9.17) is 5.11 Å². The van der Waals surface area contributed by atoms with Gasteiger partial charge in [-0.2, -0.15) is 0 Å². The van der Waals surface area contributed by atoms with E-state index in [0.29, 0.717) is 18.4 Å². The second kappa shape index (κ2) is 5.81. The smallest absolute Gasteiger partial charge is 0.303 e. The molecule has 3 nitrogen and oxygen atoms in total. The molecule has 1 aliphatic carbocycles. The van der Waals surface area contributed by atoms with Crippen LogP contribution < -0.4 is 5.32 Å². The van der Waals surface area contributed by atoms with Crippen molar-refractivity contribution in [3.63, 3.8) is 0 Å². The van der Waals surface area contributed by atoms with Crippen molar-refractivity contribution in [2.24, 2.45) is 5.92 Å². The van der Waals surface area contributed by atoms with Crippen LogP contribution in [0.2, 0.25) is 0 Å². The summed E-state index contributed by atoms with van der Waals surface area (Å²) in [6, 6.07) is 0.568. The summed E-state index contributed by atoms with van der Waals surface area (Å²) in [6.45, 7) is 4.51. The lowest BCUT2D eigenvalue weighted by molar-refractivity contribution is -0.138. The average molecular weight is 197 g/mol. The highest BCUT2D eigenvalue weighted by Gasteiger charge is 2.21. The normalized spacial score (nSPS) is 27.1. The van der Waals surface area contributed by atoms with Gasteiger partial charge >= 0.3 is 5.97 Å². The van der Waals surface area contributed by atoms with Crippen molar-refractivity contribution in [1.82, 2.24) is 5.32 Å². The lowest BCUT2D eigenvalue weighted by Crippen LogP contribution is -2.33. The molecule has 0 saturated heterocycles. The summed E-state index contributed by atoms with van der Waals surface area (Å²) < 4.78 is 0. The molecule has 0 amide bonds. The van der Waals surface area contributed by atoms with Gasteiger partial charge in [-0.25, -0.2) is 0 Å². The minimum absolute atomic E-state index is 0.341. The number of rotatable bonds is 5. The summed E-state index contributed by atoms with van der Waals surface area (Å²) in [5, 5.41) is 12.0. The van der Waals surface area contributed by atoms with Gasteiger partial charge in [0, 0.05) is 19.0 Å². The molecule has 0 aromatic rings. The molecule has 0 aromatic carbocycles. The second-order valence-corrected chi connectivity index (χ2v) is 4.01. The Hall–Kier alpha value is -0.830. The Balaban J connectivity index is 2.17. The molecule has 0 radical (unpaired) electrons. The first-order chi connectivity index (χ1) is 6.72. The molecule has 0 aliphatic heterocycles. The Morgan fingerprint density at radius 3 is 2.57 bits per heavy atom. The summed E-state index contributed by atoms with van der Waals surface area (Å²) in [5.41, 5.74) is 0. The van der Waals surface area contributed by atoms with Gasteiger partial charge in [0.15, 0.2) is 0 Å². The zero-order valence-corrected chi connectivity index (χ0v) is 8.54. The van der Waals surface area contributed by atoms with Crippen LogP contribution in [0.5, 0.6) is 0 Å². The van der Waals surface area contributed by atoms with Crippen LogP contribution in [-0.4, -0.2) is 23.7 Å². The first-order valence-corrected chi connectivity index (χ1v) is 5.28. The fourth-order valence-electron chi connectivity index (χ4n) is 2.07. The zero-order valence-electron chi connectivity index (χ0n) is 8.54. The monoisotopic (exact) mass is 197 g/mol. The fraction of sp³-hybridized carbons (Fsp3) is 0.727. The van der Waals surface area contributed by atoms with Gasteiger partial charge in [-0.1, -0.05) is 6.08 Å². The van der Waals surface area contributed by atoms with Crippen LogP contribution >= 0.6 is 0 Å². The summed E-state index contributed by atoms with van der Waals surface area (Å²) in [5.74, 6) is -0.262. The molecular formula is C11H19NO2. The quantitative estimate of drug-likeness (QED) is 0.661. The number of nitrogens with one attached hydrogen (secondary N) is 1. The molecule has 3 heteroatoms. The molecule has 0 unspecified atom stereocenters. The number of carboxylic acid groups (broad SMARTS) is 1. The van der Waals surface area contributed by atoms with Gasteiger partial charge in [-0.3, -0.25) is 4.79 Å². The van der Waals surface area contributed by atoms with E-state index in [1.54, 1.807) is 0 Å². The highest BCUT2D eigenvalue weighted by Crippen LogP contribution is 2.26. The highest BCUT2D eigenvalue weighted by molar-refractivity contribution is 5.67. The summed E-state index contributed by atoms with van der Waals surface area (Å²) in [7, 11) is 0. The minimum atomic E-state index is -0.660. The SMILES string of the molecule is C=CCNC1CCC(CC(=O)O)CC1. The minimum Gasteiger partial charge on any atom is -0.481 e. The van der Waals surface area contributed by atoms with E-state index >= 15 is 0 Å². The molecule has 0 atom stereocenters. The Kier molecular flexibility index (Phi) is 4.66. The molecule has 0 heterocycles. The largest absolute Gasteiger partial charge is 0.481 e. The average Bonchev–Trinajstić information content (AvgIpc) is 2.16. The van der Waals surface area contributed by atoms with E-state index in [-0.39, 0.29) is 0 Å². The van der Waals surface area contributed by atoms with Gasteiger partial charge in [0.25, 0.3) is 0 Å². The maximum atomic E-state index is 10.5. The third-order valence-corrected chi connectivity index (χ3v) is 2.86. The second-order valence-electron chi connectivity index (χ2n) is 4.01. The van der Waals surface area contributed by atoms with Crippen LogP contribution in [0.25, 0.3) is 0 Å². The molecule has 14 heavy (non-hydrogen) atoms. The van der Waals surface area contributed by atoms with E-state index in [1.165, 1.54) is 0 Å². The first kappa shape index (κ1) is 11.2. The van der Waals surface area contributed by atoms with Gasteiger partial charge in [0.2, 0.25) is 0 Å². The van der Waals surface area contributed by atoms with Crippen LogP contribution in [0.1, 0.15) is 32.1 Å². The van der Waals surface area contributed by atoms with E-state index in [0.717, 1.165) is 32.2 Å². The summed E-state index contributed by atoms with van der Waals surface area (Å²) in [6.07, 6.45) is 6.50. The van der Waals surface area contributed by atoms with Crippen LogP contribution in [0.15, 0.2) is 12.7 Å². The van der Waals surface area contributed by atoms with Gasteiger partial charge in [0.1, 0.15) is 0 Å². The fourth-order valence-corrected chi connectivity index (χ4v) is 2.07. The van der Waals surface area contributed by atoms with E-state index in [9.17, 15) is 4.79 Å². The van der Waals surface area contributed by atoms with Crippen molar-refractivity contribution >= 4 is 5.97 Å². The lowest BCUT2D eigenvalue weighted by Gasteiger charge is -2.27. The summed E-state index contributed by atoms with van der Waals surface area (Å²) in [4.78, 5) is 10.5. The molecule has 0 spiro atoms. The number of hydrogen-bond acceptors (Lipinski definition) is 2. The number of hydrogen-bond donors (Lipinski definition) is 2. The van der Waals surface area contributed by atoms with Crippen molar-refractivity contribution < 1.29 is 9.90 Å². The van der Waals surface area contributed by atoms with Gasteiger partial charge in [0.05, 0.1) is 0 Å². The predicted octanol–water partition coefficient (Wildman–Crippen LogP) is 1.80. The van der Waals surface area contributed by atoms with Crippen molar-refractivity contribution in [1.29, 1.82) is 0 Å². The maximum Gasteiger partial charge on any atom is 0.303 e. The third kappa shape index (κ3) is 3.92. The maximum absolute atomic E-state index is 10.5. The third-order valence-electron chi connectivity index (χ3n) is 2.86. The zero-order chi connectivity index (χ0) is 10.4. The van der Waals surface area contributed by atoms with Crippen LogP contribution in [0.4, 0.5) is 0 Å². The van der Waals surface area contributed by atoms with E-state index in [2.05, 4.69) is 11.9 Å². The summed E-state index contributed by atoms with van der Waals surface area (Å²) >= 11 is 0. The van der Waals surface area contributed by atoms with E-state index < -0.39 is 5.97 Å². The molecule has 0 bridgehead atoms. The number of carbonyl (C=O) groups is 1. The molecule has 1 rings (SSSR count). The van der Waals surface area contributed by atoms with Crippen LogP contribution in [0.3, 0.4) is 0 Å². The topological polar surface area (TPSA) is 49.3 Å². The molecular weight excluding hydrogens is 178 g/mol. The molecule has 2 N–H and O–H groups in total. The Morgan fingerprint density at radius 1 is 1.43 bits per heavy atom. The molecule has 1 saturated carbocycles. The molecule has 1 fully saturated rings. The van der Waals surface area contributed by atoms with Crippen LogP contribution in [-0.2, 0) is 4.79 Å². The number of aliphatic carboxylic acids is 1. The predicted molar refractivity (Wildman–Crippen MR) is 56.2 cm³/mol. The van der Waals surface area contributed by atoms with Gasteiger partial charge in [-0.05, 0) is 31.6 Å². The first-order valence-electron chi connectivity index (χ1n) is 5.28. The van der Waals surface area contributed by atoms with E-state index in [1.807, 2.05) is 6.08 Å². The van der Waals surface area contributed by atoms with Crippen molar-refractivity contribution in [3.05, 3.63) is 12.7 Å². The molecule has 0 aromatic heterocycles. The Bertz CT molecular complexity index is 195. The molecule has 80 valence electrons. The van der Waals surface area contributed by atoms with Crippen LogP contribution in [0, 0.1) is 5.92 Å². The lowest BCUT2D eigenvalue weighted by atomic mass is 9.84. The van der Waals surface area contributed by atoms with Gasteiger partial charge < -0.3 is 10.4 Å². The molecule has 1 aliphatic rings. The van der Waals surface area contributed by atoms with Crippen molar-refractivity contribution in [3.8, 4) is 0 Å². The van der Waals surface area contributed by atoms with Crippen molar-refractivity contribution in [2.45, 2.75) is 38.1 Å². The Morgan fingerprint density at radius 2 is 2.07 bits per heavy atom. The highest BCUT2D eigenvalue weighted by atomic mass is 16.4. The number of carboxylic acids is 1. The Labute approximate surface area is 85.2 Å². The van der Waals surface area contributed by atoms with Crippen molar-refractivity contribution in [2.75, 3.05) is 6.54 Å². The van der Waals surface area contributed by atoms with Gasteiger partial charge in [-0.15, -0.1) is 6.58 Å². The standard InChI is InChI=1S/C11H19NO2/c1-2-7-12-10-5-3-9(4-6-10)8-11(13)14/h2,9-10,12H,1,3-8H2,(H,13,14).